The second-order valence-electron chi connectivity index (χ2n) is 6.08. The van der Waals surface area contributed by atoms with Crippen LogP contribution in [0.4, 0.5) is 0 Å². The van der Waals surface area contributed by atoms with Gasteiger partial charge < -0.3 is 4.98 Å². The molecule has 3 fully saturated rings. The molecule has 0 radical (unpaired) electrons. The zero-order valence-electron chi connectivity index (χ0n) is 9.46. The number of aromatic amines is 1. The van der Waals surface area contributed by atoms with Crippen LogP contribution in [-0.2, 0) is 12.8 Å². The number of nitrogens with one attached hydrogen (secondary N) is 1. The van der Waals surface area contributed by atoms with Crippen LogP contribution < -0.4 is 5.43 Å². The van der Waals surface area contributed by atoms with Crippen molar-refractivity contribution in [3.8, 4) is 0 Å². The standard InChI is InChI=1S/C14H17NO/c16-13-3-4-15-12-2-1-10(5-11(12)13)14-6-9(7-14)8-14/h3-4,9-10H,1-2,5-8H2,(H,15,16). The highest BCUT2D eigenvalue weighted by Crippen LogP contribution is 2.69. The van der Waals surface area contributed by atoms with E-state index >= 15 is 0 Å². The molecule has 1 heterocycles. The third-order valence-electron chi connectivity index (χ3n) is 5.30. The van der Waals surface area contributed by atoms with Crippen LogP contribution in [0.3, 0.4) is 0 Å². The smallest absolute Gasteiger partial charge is 0.185 e. The van der Waals surface area contributed by atoms with Gasteiger partial charge in [-0.25, -0.2) is 0 Å². The minimum absolute atomic E-state index is 0.255. The van der Waals surface area contributed by atoms with E-state index in [0.29, 0.717) is 5.41 Å². The van der Waals surface area contributed by atoms with Gasteiger partial charge in [-0.1, -0.05) is 0 Å². The third-order valence-corrected chi connectivity index (χ3v) is 5.30. The summed E-state index contributed by atoms with van der Waals surface area (Å²) < 4.78 is 0. The maximum atomic E-state index is 11.8. The number of rotatable bonds is 1. The zero-order valence-corrected chi connectivity index (χ0v) is 9.46. The topological polar surface area (TPSA) is 32.9 Å². The second-order valence-corrected chi connectivity index (χ2v) is 6.08. The molecule has 0 aliphatic heterocycles. The van der Waals surface area contributed by atoms with Crippen LogP contribution in [0, 0.1) is 17.3 Å². The fourth-order valence-corrected chi connectivity index (χ4v) is 4.24. The quantitative estimate of drug-likeness (QED) is 0.766. The zero-order chi connectivity index (χ0) is 10.8. The highest BCUT2D eigenvalue weighted by atomic mass is 16.1. The monoisotopic (exact) mass is 215 g/mol. The summed E-state index contributed by atoms with van der Waals surface area (Å²) in [5, 5.41) is 0. The van der Waals surface area contributed by atoms with Crippen molar-refractivity contribution in [3.63, 3.8) is 0 Å². The van der Waals surface area contributed by atoms with Gasteiger partial charge in [-0.05, 0) is 55.8 Å². The van der Waals surface area contributed by atoms with Crippen molar-refractivity contribution in [2.45, 2.75) is 38.5 Å². The molecular weight excluding hydrogens is 198 g/mol. The summed E-state index contributed by atoms with van der Waals surface area (Å²) in [5.41, 5.74) is 3.22. The fraction of sp³-hybridized carbons (Fsp3) is 0.643. The molecule has 2 nitrogen and oxygen atoms in total. The summed E-state index contributed by atoms with van der Waals surface area (Å²) in [4.78, 5) is 15.1. The Hall–Kier alpha value is -1.05. The van der Waals surface area contributed by atoms with Gasteiger partial charge in [-0.2, -0.15) is 0 Å². The molecule has 1 aromatic rings. The normalized spacial score (nSPS) is 39.5. The SMILES string of the molecule is O=c1cc[nH]c2c1CC(C13CC(C1)C3)CC2. The van der Waals surface area contributed by atoms with E-state index in [4.69, 9.17) is 0 Å². The van der Waals surface area contributed by atoms with Crippen molar-refractivity contribution >= 4 is 0 Å². The van der Waals surface area contributed by atoms with Gasteiger partial charge in [0.2, 0.25) is 0 Å². The number of hydrogen-bond donors (Lipinski definition) is 1. The van der Waals surface area contributed by atoms with Gasteiger partial charge in [0.05, 0.1) is 0 Å². The summed E-state index contributed by atoms with van der Waals surface area (Å²) in [6.07, 6.45) is 9.58. The first-order valence-corrected chi connectivity index (χ1v) is 6.46. The first-order chi connectivity index (χ1) is 7.77. The Morgan fingerprint density at radius 1 is 1.31 bits per heavy atom. The van der Waals surface area contributed by atoms with Crippen molar-refractivity contribution in [1.29, 1.82) is 0 Å². The lowest BCUT2D eigenvalue weighted by molar-refractivity contribution is -0.154. The van der Waals surface area contributed by atoms with Gasteiger partial charge in [0.15, 0.2) is 5.43 Å². The van der Waals surface area contributed by atoms with Gasteiger partial charge in [0.25, 0.3) is 0 Å². The van der Waals surface area contributed by atoms with Crippen LogP contribution in [0.2, 0.25) is 0 Å². The summed E-state index contributed by atoms with van der Waals surface area (Å²) >= 11 is 0. The first-order valence-electron chi connectivity index (χ1n) is 6.46. The number of pyridine rings is 1. The van der Waals surface area contributed by atoms with Crippen LogP contribution in [0.15, 0.2) is 17.1 Å². The summed E-state index contributed by atoms with van der Waals surface area (Å²) in [7, 11) is 0. The Kier molecular flexibility index (Phi) is 1.58. The molecule has 4 aliphatic rings. The Morgan fingerprint density at radius 2 is 2.12 bits per heavy atom. The Labute approximate surface area is 95.1 Å². The molecule has 1 N–H and O–H groups in total. The molecule has 1 aromatic heterocycles. The highest BCUT2D eigenvalue weighted by molar-refractivity contribution is 5.26. The Bertz CT molecular complexity index is 485. The molecule has 3 saturated carbocycles. The summed E-state index contributed by atoms with van der Waals surface area (Å²) in [5.74, 6) is 1.85. The van der Waals surface area contributed by atoms with Gasteiger partial charge in [0, 0.05) is 23.5 Å². The van der Waals surface area contributed by atoms with Gasteiger partial charge >= 0.3 is 0 Å². The van der Waals surface area contributed by atoms with Crippen molar-refractivity contribution in [1.82, 2.24) is 4.98 Å². The van der Waals surface area contributed by atoms with E-state index in [0.717, 1.165) is 30.2 Å². The van der Waals surface area contributed by atoms with E-state index in [1.165, 1.54) is 31.4 Å². The van der Waals surface area contributed by atoms with Crippen molar-refractivity contribution in [3.05, 3.63) is 33.7 Å². The van der Waals surface area contributed by atoms with E-state index < -0.39 is 0 Å². The molecule has 2 heteroatoms. The number of fused-ring (bicyclic) bond motifs is 1. The van der Waals surface area contributed by atoms with Crippen molar-refractivity contribution < 1.29 is 0 Å². The Morgan fingerprint density at radius 3 is 2.81 bits per heavy atom. The molecule has 84 valence electrons. The summed E-state index contributed by atoms with van der Waals surface area (Å²) in [6.45, 7) is 0. The molecule has 0 spiro atoms. The van der Waals surface area contributed by atoms with Gasteiger partial charge in [-0.15, -0.1) is 0 Å². The van der Waals surface area contributed by atoms with Crippen LogP contribution >= 0.6 is 0 Å². The molecule has 0 amide bonds. The predicted octanol–water partition coefficient (Wildman–Crippen LogP) is 2.28. The second kappa shape index (κ2) is 2.79. The molecule has 0 saturated heterocycles. The molecule has 1 unspecified atom stereocenters. The Balaban J connectivity index is 1.68. The lowest BCUT2D eigenvalue weighted by atomic mass is 9.39. The predicted molar refractivity (Wildman–Crippen MR) is 62.4 cm³/mol. The van der Waals surface area contributed by atoms with Crippen LogP contribution in [-0.4, -0.2) is 4.98 Å². The number of aromatic nitrogens is 1. The molecule has 0 aromatic carbocycles. The first kappa shape index (κ1) is 9.03. The maximum Gasteiger partial charge on any atom is 0.185 e. The average molecular weight is 215 g/mol. The third kappa shape index (κ3) is 1.00. The lowest BCUT2D eigenvalue weighted by Crippen LogP contribution is -2.57. The number of hydrogen-bond acceptors (Lipinski definition) is 1. The maximum absolute atomic E-state index is 11.8. The highest BCUT2D eigenvalue weighted by Gasteiger charge is 2.60. The van der Waals surface area contributed by atoms with E-state index in [1.54, 1.807) is 12.3 Å². The number of aryl methyl sites for hydroxylation is 1. The fourth-order valence-electron chi connectivity index (χ4n) is 4.24. The van der Waals surface area contributed by atoms with Crippen LogP contribution in [0.5, 0.6) is 0 Å². The van der Waals surface area contributed by atoms with E-state index in [2.05, 4.69) is 4.98 Å². The van der Waals surface area contributed by atoms with E-state index in [-0.39, 0.29) is 5.43 Å². The van der Waals surface area contributed by atoms with Crippen molar-refractivity contribution in [2.75, 3.05) is 0 Å². The molecule has 4 aliphatic carbocycles. The molecule has 1 atom stereocenters. The van der Waals surface area contributed by atoms with Gasteiger partial charge in [0.1, 0.15) is 0 Å². The minimum Gasteiger partial charge on any atom is -0.365 e. The number of H-pyrrole nitrogens is 1. The average Bonchev–Trinajstić information content (AvgIpc) is 2.14. The largest absolute Gasteiger partial charge is 0.365 e. The van der Waals surface area contributed by atoms with Crippen LogP contribution in [0.1, 0.15) is 36.9 Å². The van der Waals surface area contributed by atoms with E-state index in [1.807, 2.05) is 0 Å². The summed E-state index contributed by atoms with van der Waals surface area (Å²) in [6, 6.07) is 1.68. The molecular formula is C14H17NO. The molecule has 5 rings (SSSR count). The molecule has 16 heavy (non-hydrogen) atoms. The lowest BCUT2D eigenvalue weighted by Gasteiger charge is -2.66. The minimum atomic E-state index is 0.255. The van der Waals surface area contributed by atoms with Gasteiger partial charge in [-0.3, -0.25) is 4.79 Å². The van der Waals surface area contributed by atoms with Crippen molar-refractivity contribution in [2.24, 2.45) is 17.3 Å². The molecule has 2 bridgehead atoms. The van der Waals surface area contributed by atoms with Crippen LogP contribution in [0.25, 0.3) is 0 Å². The van der Waals surface area contributed by atoms with E-state index in [9.17, 15) is 4.79 Å².